The molecule has 0 aromatic carbocycles. The van der Waals surface area contributed by atoms with E-state index in [1.54, 1.807) is 20.8 Å². The lowest BCUT2D eigenvalue weighted by molar-refractivity contribution is 0.174. The van der Waals surface area contributed by atoms with Crippen molar-refractivity contribution >= 4 is 0 Å². The Morgan fingerprint density at radius 3 is 1.75 bits per heavy atom. The molecule has 0 radical (unpaired) electrons. The molecule has 2 unspecified atom stereocenters. The summed E-state index contributed by atoms with van der Waals surface area (Å²) in [5, 5.41) is 0. The summed E-state index contributed by atoms with van der Waals surface area (Å²) in [6.45, 7) is 9.28. The van der Waals surface area contributed by atoms with Crippen LogP contribution in [-0.2, 0) is 0 Å². The molecular formula is C10H22F2. The molecule has 0 aliphatic heterocycles. The number of rotatable bonds is 4. The van der Waals surface area contributed by atoms with E-state index in [1.807, 2.05) is 13.8 Å². The van der Waals surface area contributed by atoms with Crippen molar-refractivity contribution in [2.24, 2.45) is 5.92 Å². The largest absolute Gasteiger partial charge is 0.247 e. The normalized spacial score (nSPS) is 15.0. The SMILES string of the molecule is CC.CCC(F)CC(F)C(C)C. The van der Waals surface area contributed by atoms with Gasteiger partial charge >= 0.3 is 0 Å². The maximum atomic E-state index is 12.7. The molecule has 0 bridgehead atoms. The third kappa shape index (κ3) is 7.96. The summed E-state index contributed by atoms with van der Waals surface area (Å²) in [5.74, 6) is -0.0511. The summed E-state index contributed by atoms with van der Waals surface area (Å²) >= 11 is 0. The molecule has 0 saturated carbocycles. The summed E-state index contributed by atoms with van der Waals surface area (Å²) in [4.78, 5) is 0. The molecule has 0 saturated heterocycles. The fourth-order valence-electron chi connectivity index (χ4n) is 0.683. The zero-order valence-corrected chi connectivity index (χ0v) is 8.90. The Hall–Kier alpha value is -0.140. The molecule has 2 atom stereocenters. The van der Waals surface area contributed by atoms with E-state index in [9.17, 15) is 8.78 Å². The molecule has 2 heteroatoms. The van der Waals surface area contributed by atoms with Gasteiger partial charge in [-0.05, 0) is 12.3 Å². The van der Waals surface area contributed by atoms with E-state index in [1.165, 1.54) is 0 Å². The second-order valence-corrected chi connectivity index (χ2v) is 3.00. The zero-order valence-electron chi connectivity index (χ0n) is 8.90. The van der Waals surface area contributed by atoms with E-state index in [2.05, 4.69) is 0 Å². The van der Waals surface area contributed by atoms with Gasteiger partial charge < -0.3 is 0 Å². The number of halogens is 2. The van der Waals surface area contributed by atoms with Crippen LogP contribution in [0, 0.1) is 5.92 Å². The monoisotopic (exact) mass is 180 g/mol. The van der Waals surface area contributed by atoms with Crippen molar-refractivity contribution in [1.29, 1.82) is 0 Å². The Labute approximate surface area is 75.4 Å². The highest BCUT2D eigenvalue weighted by Crippen LogP contribution is 2.15. The Balaban J connectivity index is 0. The smallest absolute Gasteiger partial charge is 0.105 e. The Morgan fingerprint density at radius 1 is 1.08 bits per heavy atom. The fraction of sp³-hybridized carbons (Fsp3) is 1.00. The third-order valence-electron chi connectivity index (χ3n) is 1.65. The first-order valence-corrected chi connectivity index (χ1v) is 4.86. The van der Waals surface area contributed by atoms with Crippen LogP contribution in [0.1, 0.15) is 47.5 Å². The van der Waals surface area contributed by atoms with Crippen molar-refractivity contribution in [2.75, 3.05) is 0 Å². The lowest BCUT2D eigenvalue weighted by Crippen LogP contribution is -2.15. The first-order valence-electron chi connectivity index (χ1n) is 4.86. The van der Waals surface area contributed by atoms with Gasteiger partial charge in [0.05, 0.1) is 0 Å². The number of alkyl halides is 2. The average molecular weight is 180 g/mol. The van der Waals surface area contributed by atoms with E-state index in [0.717, 1.165) is 0 Å². The van der Waals surface area contributed by atoms with Gasteiger partial charge in [0.15, 0.2) is 0 Å². The summed E-state index contributed by atoms with van der Waals surface area (Å²) in [6.07, 6.45) is -1.45. The molecule has 0 fully saturated rings. The predicted octanol–water partition coefficient (Wildman–Crippen LogP) is 4.14. The second-order valence-electron chi connectivity index (χ2n) is 3.00. The van der Waals surface area contributed by atoms with Crippen molar-refractivity contribution in [3.63, 3.8) is 0 Å². The first kappa shape index (κ1) is 14.4. The van der Waals surface area contributed by atoms with Crippen LogP contribution in [0.3, 0.4) is 0 Å². The van der Waals surface area contributed by atoms with Crippen LogP contribution in [0.5, 0.6) is 0 Å². The maximum absolute atomic E-state index is 12.7. The minimum Gasteiger partial charge on any atom is -0.247 e. The van der Waals surface area contributed by atoms with Crippen LogP contribution in [-0.4, -0.2) is 12.3 Å². The van der Waals surface area contributed by atoms with Crippen molar-refractivity contribution < 1.29 is 8.78 Å². The lowest BCUT2D eigenvalue weighted by atomic mass is 10.0. The first-order chi connectivity index (χ1) is 5.57. The Bertz CT molecular complexity index is 81.9. The van der Waals surface area contributed by atoms with Gasteiger partial charge in [0.25, 0.3) is 0 Å². The average Bonchev–Trinajstić information content (AvgIpc) is 2.07. The van der Waals surface area contributed by atoms with Crippen molar-refractivity contribution in [2.45, 2.75) is 59.8 Å². The molecule has 0 heterocycles. The number of hydrogen-bond acceptors (Lipinski definition) is 0. The minimum atomic E-state index is -0.977. The Kier molecular flexibility index (Phi) is 10.7. The highest BCUT2D eigenvalue weighted by molar-refractivity contribution is 4.65. The highest BCUT2D eigenvalue weighted by atomic mass is 19.1. The topological polar surface area (TPSA) is 0 Å². The van der Waals surface area contributed by atoms with E-state index in [4.69, 9.17) is 0 Å². The molecule has 0 N–H and O–H groups in total. The van der Waals surface area contributed by atoms with Crippen LogP contribution in [0.4, 0.5) is 8.78 Å². The summed E-state index contributed by atoms with van der Waals surface area (Å²) in [5.41, 5.74) is 0. The molecule has 0 aromatic heterocycles. The predicted molar refractivity (Wildman–Crippen MR) is 50.9 cm³/mol. The third-order valence-corrected chi connectivity index (χ3v) is 1.65. The van der Waals surface area contributed by atoms with E-state index in [0.29, 0.717) is 6.42 Å². The van der Waals surface area contributed by atoms with Gasteiger partial charge in [0.2, 0.25) is 0 Å². The van der Waals surface area contributed by atoms with E-state index in [-0.39, 0.29) is 12.3 Å². The molecule has 0 amide bonds. The maximum Gasteiger partial charge on any atom is 0.105 e. The van der Waals surface area contributed by atoms with Gasteiger partial charge in [-0.3, -0.25) is 0 Å². The molecule has 0 rings (SSSR count). The number of hydrogen-bond donors (Lipinski definition) is 0. The van der Waals surface area contributed by atoms with Crippen LogP contribution >= 0.6 is 0 Å². The van der Waals surface area contributed by atoms with E-state index < -0.39 is 12.3 Å². The van der Waals surface area contributed by atoms with Crippen LogP contribution in [0.2, 0.25) is 0 Å². The van der Waals surface area contributed by atoms with Gasteiger partial charge in [-0.15, -0.1) is 0 Å². The molecule has 0 aliphatic rings. The second kappa shape index (κ2) is 8.95. The fourth-order valence-corrected chi connectivity index (χ4v) is 0.683. The van der Waals surface area contributed by atoms with Crippen LogP contribution in [0.15, 0.2) is 0 Å². The quantitative estimate of drug-likeness (QED) is 0.609. The van der Waals surface area contributed by atoms with Crippen molar-refractivity contribution in [3.8, 4) is 0 Å². The van der Waals surface area contributed by atoms with E-state index >= 15 is 0 Å². The molecule has 0 aliphatic carbocycles. The summed E-state index contributed by atoms with van der Waals surface area (Å²) < 4.78 is 25.2. The van der Waals surface area contributed by atoms with Crippen molar-refractivity contribution in [1.82, 2.24) is 0 Å². The molecule has 0 nitrogen and oxygen atoms in total. The zero-order chi connectivity index (χ0) is 10.1. The van der Waals surface area contributed by atoms with Gasteiger partial charge in [-0.25, -0.2) is 8.78 Å². The van der Waals surface area contributed by atoms with Gasteiger partial charge in [0.1, 0.15) is 12.3 Å². The van der Waals surface area contributed by atoms with Crippen molar-refractivity contribution in [3.05, 3.63) is 0 Å². The standard InChI is InChI=1S/C8H16F2.C2H6/c1-4-7(9)5-8(10)6(2)3;1-2/h6-8H,4-5H2,1-3H3;1-2H3. The van der Waals surface area contributed by atoms with Gasteiger partial charge in [0, 0.05) is 6.42 Å². The summed E-state index contributed by atoms with van der Waals surface area (Å²) in [6, 6.07) is 0. The molecule has 76 valence electrons. The van der Waals surface area contributed by atoms with Crippen LogP contribution in [0.25, 0.3) is 0 Å². The molecule has 0 spiro atoms. The molecular weight excluding hydrogens is 158 g/mol. The Morgan fingerprint density at radius 2 is 1.50 bits per heavy atom. The lowest BCUT2D eigenvalue weighted by Gasteiger charge is -2.13. The van der Waals surface area contributed by atoms with Crippen LogP contribution < -0.4 is 0 Å². The van der Waals surface area contributed by atoms with Gasteiger partial charge in [-0.2, -0.15) is 0 Å². The highest BCUT2D eigenvalue weighted by Gasteiger charge is 2.16. The molecule has 12 heavy (non-hydrogen) atoms. The summed E-state index contributed by atoms with van der Waals surface area (Å²) in [7, 11) is 0. The molecule has 0 aromatic rings. The minimum absolute atomic E-state index is 0.0511. The van der Waals surface area contributed by atoms with Gasteiger partial charge in [-0.1, -0.05) is 34.6 Å².